The zero-order valence-corrected chi connectivity index (χ0v) is 16.2. The van der Waals surface area contributed by atoms with Gasteiger partial charge in [-0.1, -0.05) is 0 Å². The number of amides is 4. The van der Waals surface area contributed by atoms with Crippen molar-refractivity contribution in [2.75, 3.05) is 26.6 Å². The summed E-state index contributed by atoms with van der Waals surface area (Å²) in [6, 6.07) is 10.7. The smallest absolute Gasteiger partial charge is 0.261 e. The van der Waals surface area contributed by atoms with E-state index < -0.39 is 10.0 Å². The Bertz CT molecular complexity index is 990. The van der Waals surface area contributed by atoms with Crippen LogP contribution in [0, 0.1) is 0 Å². The third-order valence-corrected chi connectivity index (χ3v) is 8.17. The lowest BCUT2D eigenvalue weighted by Crippen LogP contribution is -2.24. The molecule has 0 bridgehead atoms. The highest BCUT2D eigenvalue weighted by molar-refractivity contribution is 8.32. The highest BCUT2D eigenvalue weighted by atomic mass is 32.3. The molecule has 0 saturated carbocycles. The molecule has 4 amide bonds. The molecule has 0 N–H and O–H groups in total. The molecule has 27 heavy (non-hydrogen) atoms. The van der Waals surface area contributed by atoms with E-state index in [2.05, 4.69) is 12.5 Å². The molecular formula is C20H18N2O4S. The van der Waals surface area contributed by atoms with E-state index >= 15 is 0 Å². The standard InChI is InChI=1S/C20H18N2O4S/c1-21-17(23)13-7-5-11(9-15(13)19(21)25)27(3,4)12-6-8-14-16(10-12)20(26)22(2)18(14)24/h5-10H,1-4H3. The fourth-order valence-electron chi connectivity index (χ4n) is 3.45. The van der Waals surface area contributed by atoms with Gasteiger partial charge in [-0.05, 0) is 58.7 Å². The normalized spacial score (nSPS) is 16.9. The minimum absolute atomic E-state index is 0.293. The number of hydrogen-bond donors (Lipinski definition) is 0. The Morgan fingerprint density at radius 2 is 0.926 bits per heavy atom. The van der Waals surface area contributed by atoms with E-state index in [4.69, 9.17) is 0 Å². The lowest BCUT2D eigenvalue weighted by Gasteiger charge is -2.32. The fourth-order valence-corrected chi connectivity index (χ4v) is 5.37. The second-order valence-corrected chi connectivity index (χ2v) is 10.7. The summed E-state index contributed by atoms with van der Waals surface area (Å²) in [5.74, 6) is -1.19. The number of carbonyl (C=O) groups excluding carboxylic acids is 4. The molecule has 2 aromatic carbocycles. The first-order valence-electron chi connectivity index (χ1n) is 8.31. The van der Waals surface area contributed by atoms with Gasteiger partial charge in [-0.25, -0.2) is 0 Å². The maximum atomic E-state index is 12.3. The molecule has 0 radical (unpaired) electrons. The Kier molecular flexibility index (Phi) is 3.58. The molecule has 0 atom stereocenters. The van der Waals surface area contributed by atoms with Crippen LogP contribution in [0.15, 0.2) is 46.2 Å². The molecule has 0 unspecified atom stereocenters. The first-order chi connectivity index (χ1) is 12.6. The Morgan fingerprint density at radius 1 is 0.593 bits per heavy atom. The average molecular weight is 382 g/mol. The molecule has 138 valence electrons. The van der Waals surface area contributed by atoms with Crippen molar-refractivity contribution in [2.24, 2.45) is 0 Å². The third-order valence-electron chi connectivity index (χ3n) is 5.30. The SMILES string of the molecule is CN1C(=O)c2ccc(S(C)(C)c3ccc4c(c3)C(=O)N(C)C4=O)cc2C1=O. The molecule has 0 fully saturated rings. The summed E-state index contributed by atoms with van der Waals surface area (Å²) < 4.78 is 0. The van der Waals surface area contributed by atoms with Crippen LogP contribution in [0.2, 0.25) is 0 Å². The maximum absolute atomic E-state index is 12.3. The van der Waals surface area contributed by atoms with Gasteiger partial charge in [0.1, 0.15) is 0 Å². The number of imide groups is 2. The van der Waals surface area contributed by atoms with Gasteiger partial charge in [0.05, 0.1) is 22.3 Å². The maximum Gasteiger partial charge on any atom is 0.261 e. The molecule has 2 aliphatic heterocycles. The van der Waals surface area contributed by atoms with Crippen molar-refractivity contribution >= 4 is 33.7 Å². The number of fused-ring (bicyclic) bond motifs is 2. The average Bonchev–Trinajstić information content (AvgIpc) is 3.02. The predicted octanol–water partition coefficient (Wildman–Crippen LogP) is 2.62. The number of hydrogen-bond acceptors (Lipinski definition) is 4. The van der Waals surface area contributed by atoms with E-state index in [1.54, 1.807) is 24.3 Å². The molecular weight excluding hydrogens is 364 g/mol. The van der Waals surface area contributed by atoms with E-state index in [-0.39, 0.29) is 23.6 Å². The van der Waals surface area contributed by atoms with Crippen molar-refractivity contribution < 1.29 is 19.2 Å². The summed E-state index contributed by atoms with van der Waals surface area (Å²) in [6.45, 7) is 0. The molecule has 0 aliphatic carbocycles. The van der Waals surface area contributed by atoms with Gasteiger partial charge in [-0.15, -0.1) is 0 Å². The van der Waals surface area contributed by atoms with E-state index in [1.807, 2.05) is 12.1 Å². The summed E-state index contributed by atoms with van der Waals surface area (Å²) in [5.41, 5.74) is 1.65. The largest absolute Gasteiger partial charge is 0.277 e. The van der Waals surface area contributed by atoms with Crippen molar-refractivity contribution in [2.45, 2.75) is 9.79 Å². The zero-order chi connectivity index (χ0) is 19.7. The number of rotatable bonds is 2. The van der Waals surface area contributed by atoms with Crippen LogP contribution in [-0.2, 0) is 0 Å². The zero-order valence-electron chi connectivity index (χ0n) is 15.4. The summed E-state index contributed by atoms with van der Waals surface area (Å²) >= 11 is 0. The van der Waals surface area contributed by atoms with Crippen LogP contribution in [0.5, 0.6) is 0 Å². The van der Waals surface area contributed by atoms with Crippen molar-refractivity contribution in [1.29, 1.82) is 0 Å². The molecule has 6 nitrogen and oxygen atoms in total. The number of carbonyl (C=O) groups is 4. The van der Waals surface area contributed by atoms with Crippen molar-refractivity contribution in [3.05, 3.63) is 58.7 Å². The molecule has 2 heterocycles. The Labute approximate surface area is 158 Å². The van der Waals surface area contributed by atoms with Crippen molar-refractivity contribution in [1.82, 2.24) is 9.80 Å². The second kappa shape index (κ2) is 5.53. The Morgan fingerprint density at radius 3 is 1.30 bits per heavy atom. The van der Waals surface area contributed by atoms with Crippen LogP contribution in [-0.4, -0.2) is 60.0 Å². The molecule has 0 aromatic heterocycles. The first-order valence-corrected chi connectivity index (χ1v) is 10.8. The lowest BCUT2D eigenvalue weighted by molar-refractivity contribution is 0.0677. The molecule has 2 aliphatic rings. The van der Waals surface area contributed by atoms with Gasteiger partial charge in [-0.3, -0.25) is 29.0 Å². The Hall–Kier alpha value is -2.93. The van der Waals surface area contributed by atoms with Gasteiger partial charge in [0, 0.05) is 14.1 Å². The van der Waals surface area contributed by atoms with Crippen LogP contribution in [0.3, 0.4) is 0 Å². The van der Waals surface area contributed by atoms with Gasteiger partial charge in [0.15, 0.2) is 0 Å². The van der Waals surface area contributed by atoms with Gasteiger partial charge in [0.2, 0.25) is 0 Å². The molecule has 0 spiro atoms. The first kappa shape index (κ1) is 17.5. The monoisotopic (exact) mass is 382 g/mol. The summed E-state index contributed by atoms with van der Waals surface area (Å²) in [5, 5.41) is 0. The molecule has 7 heteroatoms. The molecule has 0 saturated heterocycles. The van der Waals surface area contributed by atoms with Crippen molar-refractivity contribution in [3.8, 4) is 0 Å². The van der Waals surface area contributed by atoms with Gasteiger partial charge in [0.25, 0.3) is 23.6 Å². The Balaban J connectivity index is 1.80. The van der Waals surface area contributed by atoms with Gasteiger partial charge in [-0.2, -0.15) is 10.0 Å². The second-order valence-electron chi connectivity index (χ2n) is 7.08. The van der Waals surface area contributed by atoms with Crippen LogP contribution in [0.1, 0.15) is 41.4 Å². The summed E-state index contributed by atoms with van der Waals surface area (Å²) in [6.07, 6.45) is 4.12. The van der Waals surface area contributed by atoms with E-state index in [9.17, 15) is 19.2 Å². The minimum Gasteiger partial charge on any atom is -0.277 e. The summed E-state index contributed by atoms with van der Waals surface area (Å²) in [4.78, 5) is 52.9. The van der Waals surface area contributed by atoms with E-state index in [0.717, 1.165) is 19.6 Å². The molecule has 4 rings (SSSR count). The highest BCUT2D eigenvalue weighted by Gasteiger charge is 2.36. The van der Waals surface area contributed by atoms with Crippen LogP contribution < -0.4 is 0 Å². The third kappa shape index (κ3) is 2.28. The van der Waals surface area contributed by atoms with Gasteiger partial charge >= 0.3 is 0 Å². The van der Waals surface area contributed by atoms with Crippen LogP contribution in [0.25, 0.3) is 0 Å². The van der Waals surface area contributed by atoms with E-state index in [0.29, 0.717) is 22.3 Å². The number of benzene rings is 2. The number of nitrogens with zero attached hydrogens (tertiary/aromatic N) is 2. The molecule has 2 aromatic rings. The van der Waals surface area contributed by atoms with Gasteiger partial charge < -0.3 is 0 Å². The predicted molar refractivity (Wildman–Crippen MR) is 102 cm³/mol. The highest BCUT2D eigenvalue weighted by Crippen LogP contribution is 2.57. The van der Waals surface area contributed by atoms with E-state index in [1.165, 1.54) is 14.1 Å². The van der Waals surface area contributed by atoms with Crippen LogP contribution >= 0.6 is 10.0 Å². The fraction of sp³-hybridized carbons (Fsp3) is 0.200. The van der Waals surface area contributed by atoms with Crippen LogP contribution in [0.4, 0.5) is 0 Å². The quantitative estimate of drug-likeness (QED) is 0.749. The topological polar surface area (TPSA) is 74.8 Å². The van der Waals surface area contributed by atoms with Crippen molar-refractivity contribution in [3.63, 3.8) is 0 Å². The minimum atomic E-state index is -1.56. The lowest BCUT2D eigenvalue weighted by atomic mass is 10.1. The summed E-state index contributed by atoms with van der Waals surface area (Å²) in [7, 11) is 1.39.